The van der Waals surface area contributed by atoms with Crippen LogP contribution in [0.25, 0.3) is 0 Å². The first-order chi connectivity index (χ1) is 12.7. The molecule has 0 bridgehead atoms. The summed E-state index contributed by atoms with van der Waals surface area (Å²) >= 11 is 6.20. The van der Waals surface area contributed by atoms with Crippen molar-refractivity contribution >= 4 is 11.6 Å². The molecule has 0 amide bonds. The van der Waals surface area contributed by atoms with Gasteiger partial charge in [0.1, 0.15) is 5.75 Å². The first-order valence-corrected chi connectivity index (χ1v) is 9.83. The monoisotopic (exact) mass is 400 g/mol. The number of methoxy groups -OCH3 is 1. The Bertz CT molecular complexity index is 790. The number of phenolic OH excluding ortho intramolecular Hbond substituents is 1. The number of aromatic hydroxyl groups is 1. The molecule has 6 heteroatoms. The lowest BCUT2D eigenvalue weighted by molar-refractivity contribution is -0.309. The smallest absolute Gasteiger partial charge is 0.423 e. The molecule has 1 fully saturated rings. The number of hydrogen-bond donors (Lipinski definition) is 1. The third-order valence-corrected chi connectivity index (χ3v) is 7.92. The molecule has 0 heterocycles. The summed E-state index contributed by atoms with van der Waals surface area (Å²) < 4.78 is 48.1. The van der Waals surface area contributed by atoms with Gasteiger partial charge in [-0.25, -0.2) is 0 Å². The molecule has 1 N–H and O–H groups in total. The second-order valence-corrected chi connectivity index (χ2v) is 8.83. The molecule has 0 radical (unpaired) electrons. The van der Waals surface area contributed by atoms with Gasteiger partial charge in [0.2, 0.25) is 5.60 Å². The fourth-order valence-electron chi connectivity index (χ4n) is 6.31. The zero-order valence-electron chi connectivity index (χ0n) is 15.4. The van der Waals surface area contributed by atoms with Crippen LogP contribution in [0, 0.1) is 17.3 Å². The van der Waals surface area contributed by atoms with E-state index in [1.807, 2.05) is 6.07 Å². The molecule has 148 valence electrons. The summed E-state index contributed by atoms with van der Waals surface area (Å²) in [6.07, 6.45) is 0.168. The summed E-state index contributed by atoms with van der Waals surface area (Å²) in [6.45, 7) is 1.71. The number of ether oxygens (including phenoxy) is 1. The summed E-state index contributed by atoms with van der Waals surface area (Å²) in [6, 6.07) is 5.43. The maximum atomic E-state index is 14.3. The van der Waals surface area contributed by atoms with Gasteiger partial charge in [0.05, 0.1) is 5.03 Å². The van der Waals surface area contributed by atoms with Gasteiger partial charge >= 0.3 is 6.18 Å². The minimum absolute atomic E-state index is 0.151. The van der Waals surface area contributed by atoms with Gasteiger partial charge in [-0.05, 0) is 73.1 Å². The van der Waals surface area contributed by atoms with Crippen molar-refractivity contribution in [2.75, 3.05) is 7.11 Å². The van der Waals surface area contributed by atoms with E-state index >= 15 is 0 Å². The minimum Gasteiger partial charge on any atom is -0.508 e. The highest BCUT2D eigenvalue weighted by Gasteiger charge is 2.72. The van der Waals surface area contributed by atoms with Crippen molar-refractivity contribution in [2.24, 2.45) is 17.3 Å². The Morgan fingerprint density at radius 2 is 2.00 bits per heavy atom. The molecule has 3 aliphatic rings. The van der Waals surface area contributed by atoms with Crippen molar-refractivity contribution in [1.82, 2.24) is 0 Å². The van der Waals surface area contributed by atoms with Crippen molar-refractivity contribution in [1.29, 1.82) is 0 Å². The van der Waals surface area contributed by atoms with E-state index < -0.39 is 17.2 Å². The van der Waals surface area contributed by atoms with E-state index in [1.54, 1.807) is 19.1 Å². The molecule has 0 spiro atoms. The van der Waals surface area contributed by atoms with Crippen molar-refractivity contribution in [2.45, 2.75) is 56.7 Å². The Balaban J connectivity index is 1.80. The van der Waals surface area contributed by atoms with Crippen LogP contribution in [0.1, 0.15) is 49.7 Å². The molecule has 1 aromatic rings. The highest BCUT2D eigenvalue weighted by atomic mass is 35.5. The molecular weight excluding hydrogens is 377 g/mol. The first kappa shape index (κ1) is 19.1. The second-order valence-electron chi connectivity index (χ2n) is 8.43. The van der Waals surface area contributed by atoms with Crippen molar-refractivity contribution in [3.05, 3.63) is 40.4 Å². The van der Waals surface area contributed by atoms with Crippen LogP contribution < -0.4 is 0 Å². The Labute approximate surface area is 162 Å². The summed E-state index contributed by atoms with van der Waals surface area (Å²) in [5.74, 6) is 0.470. The summed E-state index contributed by atoms with van der Waals surface area (Å²) in [7, 11) is 1.13. The van der Waals surface area contributed by atoms with E-state index in [0.717, 1.165) is 25.5 Å². The number of fused-ring (bicyclic) bond motifs is 5. The Morgan fingerprint density at radius 3 is 2.67 bits per heavy atom. The third-order valence-electron chi connectivity index (χ3n) is 7.50. The largest absolute Gasteiger partial charge is 0.508 e. The van der Waals surface area contributed by atoms with Crippen molar-refractivity contribution in [3.63, 3.8) is 0 Å². The molecule has 0 aliphatic heterocycles. The number of halogens is 4. The van der Waals surface area contributed by atoms with Gasteiger partial charge in [0, 0.05) is 12.5 Å². The summed E-state index contributed by atoms with van der Waals surface area (Å²) in [5, 5.41) is 9.54. The molecule has 0 saturated heterocycles. The Hall–Kier alpha value is -1.20. The average Bonchev–Trinajstić information content (AvgIpc) is 2.59. The quantitative estimate of drug-likeness (QED) is 0.633. The van der Waals surface area contributed by atoms with Crippen LogP contribution in [0.15, 0.2) is 29.3 Å². The number of alkyl halides is 3. The number of aryl methyl sites for hydroxylation is 1. The van der Waals surface area contributed by atoms with E-state index in [1.165, 1.54) is 11.6 Å². The number of phenols is 1. The first-order valence-electron chi connectivity index (χ1n) is 9.45. The second kappa shape index (κ2) is 6.15. The zero-order valence-corrected chi connectivity index (χ0v) is 16.2. The van der Waals surface area contributed by atoms with Crippen LogP contribution in [0.4, 0.5) is 13.2 Å². The van der Waals surface area contributed by atoms with Crippen LogP contribution >= 0.6 is 11.6 Å². The van der Waals surface area contributed by atoms with E-state index in [2.05, 4.69) is 0 Å². The van der Waals surface area contributed by atoms with Gasteiger partial charge in [-0.1, -0.05) is 30.7 Å². The molecular formula is C21H24ClF3O2. The van der Waals surface area contributed by atoms with E-state index in [9.17, 15) is 18.3 Å². The topological polar surface area (TPSA) is 29.5 Å². The van der Waals surface area contributed by atoms with Gasteiger partial charge in [-0.3, -0.25) is 0 Å². The lowest BCUT2D eigenvalue weighted by Gasteiger charge is -2.60. The predicted octanol–water partition coefficient (Wildman–Crippen LogP) is 5.93. The fourth-order valence-corrected chi connectivity index (χ4v) is 6.80. The average molecular weight is 401 g/mol. The third kappa shape index (κ3) is 2.43. The highest BCUT2D eigenvalue weighted by Crippen LogP contribution is 2.67. The van der Waals surface area contributed by atoms with Crippen LogP contribution in [0.5, 0.6) is 5.75 Å². The van der Waals surface area contributed by atoms with Gasteiger partial charge < -0.3 is 9.84 Å². The molecule has 4 rings (SSSR count). The normalized spacial score (nSPS) is 38.4. The number of allylic oxidation sites excluding steroid dienone is 1. The lowest BCUT2D eigenvalue weighted by Crippen LogP contribution is -2.65. The van der Waals surface area contributed by atoms with Crippen LogP contribution in [-0.2, 0) is 11.2 Å². The Kier molecular flexibility index (Phi) is 4.36. The van der Waals surface area contributed by atoms with Crippen molar-refractivity contribution < 1.29 is 23.0 Å². The van der Waals surface area contributed by atoms with Gasteiger partial charge in [0.15, 0.2) is 0 Å². The highest BCUT2D eigenvalue weighted by molar-refractivity contribution is 6.31. The molecule has 27 heavy (non-hydrogen) atoms. The van der Waals surface area contributed by atoms with Gasteiger partial charge in [-0.15, -0.1) is 0 Å². The SMILES string of the molecule is COC1(C(F)(F)F)C(Cl)=CC[C@H]2[C@@H]3CCc4cc(O)ccc4[C@H]3CC[C@@]21C. The molecule has 0 aromatic heterocycles. The standard InChI is InChI=1S/C21H24ClF3O2/c1-19-10-9-15-14-6-4-13(26)11-12(14)3-5-16(15)17(19)7-8-18(22)20(19,27-2)21(23,24)25/h4,6,8,11,15-17,26H,3,5,7,9-10H2,1-2H3/t15-,16-,17+,19+,20?/m1/s1. The molecule has 3 aliphatic carbocycles. The lowest BCUT2D eigenvalue weighted by atomic mass is 9.47. The number of hydrogen-bond acceptors (Lipinski definition) is 2. The van der Waals surface area contributed by atoms with Crippen LogP contribution in [0.3, 0.4) is 0 Å². The fraction of sp³-hybridized carbons (Fsp3) is 0.619. The van der Waals surface area contributed by atoms with Crippen LogP contribution in [0.2, 0.25) is 0 Å². The van der Waals surface area contributed by atoms with Crippen molar-refractivity contribution in [3.8, 4) is 5.75 Å². The van der Waals surface area contributed by atoms with E-state index in [-0.39, 0.29) is 28.5 Å². The number of benzene rings is 1. The Morgan fingerprint density at radius 1 is 1.26 bits per heavy atom. The van der Waals surface area contributed by atoms with Gasteiger partial charge in [-0.2, -0.15) is 13.2 Å². The molecule has 5 atom stereocenters. The van der Waals surface area contributed by atoms with Crippen LogP contribution in [-0.4, -0.2) is 24.0 Å². The zero-order chi connectivity index (χ0) is 19.6. The molecule has 1 unspecified atom stereocenters. The number of rotatable bonds is 1. The maximum absolute atomic E-state index is 14.3. The molecule has 1 saturated carbocycles. The minimum atomic E-state index is -4.58. The summed E-state index contributed by atoms with van der Waals surface area (Å²) in [4.78, 5) is 0. The van der Waals surface area contributed by atoms with E-state index in [0.29, 0.717) is 19.3 Å². The molecule has 1 aromatic carbocycles. The summed E-state index contributed by atoms with van der Waals surface area (Å²) in [5.41, 5.74) is -1.23. The van der Waals surface area contributed by atoms with E-state index in [4.69, 9.17) is 16.3 Å². The maximum Gasteiger partial charge on any atom is 0.423 e. The van der Waals surface area contributed by atoms with Gasteiger partial charge in [0.25, 0.3) is 0 Å². The molecule has 2 nitrogen and oxygen atoms in total. The predicted molar refractivity (Wildman–Crippen MR) is 97.8 cm³/mol.